The lowest BCUT2D eigenvalue weighted by atomic mass is 10.2. The van der Waals surface area contributed by atoms with Crippen molar-refractivity contribution in [3.63, 3.8) is 0 Å². The molecular weight excluding hydrogens is 400 g/mol. The van der Waals surface area contributed by atoms with Gasteiger partial charge in [-0.15, -0.1) is 11.3 Å². The summed E-state index contributed by atoms with van der Waals surface area (Å²) < 4.78 is 6.57. The van der Waals surface area contributed by atoms with E-state index in [9.17, 15) is 14.4 Å². The van der Waals surface area contributed by atoms with E-state index in [2.05, 4.69) is 15.8 Å². The number of nitrogens with one attached hydrogen (secondary N) is 2. The van der Waals surface area contributed by atoms with Crippen molar-refractivity contribution in [2.45, 2.75) is 11.7 Å². The van der Waals surface area contributed by atoms with Crippen molar-refractivity contribution in [3.8, 4) is 0 Å². The number of carbonyl (C=O) groups excluding carboxylic acids is 2. The molecule has 0 spiro atoms. The largest absolute Gasteiger partial charge is 0.383 e. The Morgan fingerprint density at radius 3 is 2.79 bits per heavy atom. The molecule has 0 saturated carbocycles. The lowest BCUT2D eigenvalue weighted by Gasteiger charge is -2.12. The summed E-state index contributed by atoms with van der Waals surface area (Å²) in [5, 5.41) is 2.70. The molecule has 0 radical (unpaired) electrons. The zero-order valence-electron chi connectivity index (χ0n) is 15.0. The highest BCUT2D eigenvalue weighted by Crippen LogP contribution is 2.17. The van der Waals surface area contributed by atoms with E-state index in [0.717, 1.165) is 11.8 Å². The molecule has 0 atom stereocenters. The van der Waals surface area contributed by atoms with Gasteiger partial charge in [0, 0.05) is 7.11 Å². The van der Waals surface area contributed by atoms with Crippen LogP contribution in [0, 0.1) is 0 Å². The maximum atomic E-state index is 12.7. The fourth-order valence-corrected chi connectivity index (χ4v) is 3.84. The molecule has 0 fully saturated rings. The number of hydrogen-bond acceptors (Lipinski definition) is 7. The van der Waals surface area contributed by atoms with Gasteiger partial charge in [-0.05, 0) is 23.6 Å². The van der Waals surface area contributed by atoms with Gasteiger partial charge in [-0.2, -0.15) is 0 Å². The second kappa shape index (κ2) is 9.49. The number of carbonyl (C=O) groups is 2. The van der Waals surface area contributed by atoms with Gasteiger partial charge in [-0.3, -0.25) is 29.8 Å². The number of benzene rings is 1. The summed E-state index contributed by atoms with van der Waals surface area (Å²) in [5.41, 5.74) is 5.10. The van der Waals surface area contributed by atoms with Crippen molar-refractivity contribution in [2.75, 3.05) is 19.5 Å². The van der Waals surface area contributed by atoms with Crippen LogP contribution in [0.25, 0.3) is 10.9 Å². The number of aromatic nitrogens is 2. The molecule has 2 heterocycles. The summed E-state index contributed by atoms with van der Waals surface area (Å²) >= 11 is 2.40. The van der Waals surface area contributed by atoms with Crippen LogP contribution in [0.2, 0.25) is 0 Å². The molecule has 0 saturated heterocycles. The van der Waals surface area contributed by atoms with E-state index in [-0.39, 0.29) is 17.2 Å². The summed E-state index contributed by atoms with van der Waals surface area (Å²) in [6.45, 7) is 0.669. The smallest absolute Gasteiger partial charge is 0.279 e. The molecule has 10 heteroatoms. The first-order chi connectivity index (χ1) is 13.6. The van der Waals surface area contributed by atoms with Crippen LogP contribution in [0.4, 0.5) is 0 Å². The third-order valence-electron chi connectivity index (χ3n) is 3.74. The molecule has 2 amide bonds. The van der Waals surface area contributed by atoms with Gasteiger partial charge >= 0.3 is 0 Å². The minimum absolute atomic E-state index is 0.0114. The number of fused-ring (bicyclic) bond motifs is 1. The average molecular weight is 419 g/mol. The van der Waals surface area contributed by atoms with E-state index in [0.29, 0.717) is 34.1 Å². The quantitative estimate of drug-likeness (QED) is 0.344. The van der Waals surface area contributed by atoms with E-state index < -0.39 is 5.91 Å². The zero-order chi connectivity index (χ0) is 19.9. The van der Waals surface area contributed by atoms with Crippen molar-refractivity contribution in [3.05, 3.63) is 57.0 Å². The number of para-hydroxylation sites is 1. The summed E-state index contributed by atoms with van der Waals surface area (Å²) in [6, 6.07) is 10.5. The maximum absolute atomic E-state index is 12.7. The Morgan fingerprint density at radius 1 is 1.21 bits per heavy atom. The summed E-state index contributed by atoms with van der Waals surface area (Å²) in [4.78, 5) is 41.7. The Morgan fingerprint density at radius 2 is 2.04 bits per heavy atom. The van der Waals surface area contributed by atoms with Crippen LogP contribution >= 0.6 is 23.1 Å². The molecule has 3 aromatic rings. The van der Waals surface area contributed by atoms with Gasteiger partial charge in [-0.1, -0.05) is 30.0 Å². The number of amides is 2. The fourth-order valence-electron chi connectivity index (χ4n) is 2.40. The predicted molar refractivity (Wildman–Crippen MR) is 109 cm³/mol. The fraction of sp³-hybridized carbons (Fsp3) is 0.222. The standard InChI is InChI=1S/C18H18N4O4S2/c1-26-9-8-22-17(25)12-5-2-3-6-13(12)19-18(22)28-11-15(23)20-21-16(24)14-7-4-10-27-14/h2-7,10H,8-9,11H2,1H3,(H,20,23)(H,21,24). The molecule has 0 aliphatic rings. The third-order valence-corrected chi connectivity index (χ3v) is 5.58. The lowest BCUT2D eigenvalue weighted by molar-refractivity contribution is -0.119. The van der Waals surface area contributed by atoms with Crippen LogP contribution < -0.4 is 16.4 Å². The summed E-state index contributed by atoms with van der Waals surface area (Å²) in [7, 11) is 1.55. The number of rotatable bonds is 7. The molecule has 0 unspecified atom stereocenters. The van der Waals surface area contributed by atoms with E-state index in [1.807, 2.05) is 0 Å². The van der Waals surface area contributed by atoms with E-state index in [4.69, 9.17) is 4.74 Å². The van der Waals surface area contributed by atoms with Crippen LogP contribution in [0.3, 0.4) is 0 Å². The van der Waals surface area contributed by atoms with E-state index >= 15 is 0 Å². The van der Waals surface area contributed by atoms with Crippen LogP contribution in [0.1, 0.15) is 9.67 Å². The Hall–Kier alpha value is -2.69. The SMILES string of the molecule is COCCn1c(SCC(=O)NNC(=O)c2cccs2)nc2ccccc2c1=O. The average Bonchev–Trinajstić information content (AvgIpc) is 3.25. The first kappa shape index (κ1) is 20.1. The maximum Gasteiger partial charge on any atom is 0.279 e. The number of hydrogen-bond donors (Lipinski definition) is 2. The van der Waals surface area contributed by atoms with Crippen LogP contribution in [-0.2, 0) is 16.1 Å². The molecule has 0 aliphatic heterocycles. The molecule has 146 valence electrons. The third kappa shape index (κ3) is 4.77. The Labute approximate surface area is 168 Å². The van der Waals surface area contributed by atoms with Crippen molar-refractivity contribution in [1.82, 2.24) is 20.4 Å². The highest BCUT2D eigenvalue weighted by Gasteiger charge is 2.14. The van der Waals surface area contributed by atoms with Crippen LogP contribution in [0.5, 0.6) is 0 Å². The van der Waals surface area contributed by atoms with Gasteiger partial charge in [0.25, 0.3) is 11.5 Å². The molecule has 8 nitrogen and oxygen atoms in total. The second-order valence-corrected chi connectivity index (χ2v) is 7.52. The number of hydrazine groups is 1. The normalized spacial score (nSPS) is 10.8. The predicted octanol–water partition coefficient (Wildman–Crippen LogP) is 1.66. The van der Waals surface area contributed by atoms with Gasteiger partial charge in [0.15, 0.2) is 5.16 Å². The van der Waals surface area contributed by atoms with E-state index in [1.165, 1.54) is 15.9 Å². The van der Waals surface area contributed by atoms with Crippen molar-refractivity contribution < 1.29 is 14.3 Å². The molecule has 28 heavy (non-hydrogen) atoms. The van der Waals surface area contributed by atoms with E-state index in [1.54, 1.807) is 48.9 Å². The first-order valence-electron chi connectivity index (χ1n) is 8.34. The minimum atomic E-state index is -0.407. The zero-order valence-corrected chi connectivity index (χ0v) is 16.6. The Kier molecular flexibility index (Phi) is 6.80. The summed E-state index contributed by atoms with van der Waals surface area (Å²) in [6.07, 6.45) is 0. The number of thioether (sulfide) groups is 1. The first-order valence-corrected chi connectivity index (χ1v) is 10.2. The number of methoxy groups -OCH3 is 1. The van der Waals surface area contributed by atoms with Gasteiger partial charge < -0.3 is 4.74 Å². The highest BCUT2D eigenvalue weighted by molar-refractivity contribution is 7.99. The molecule has 3 rings (SSSR count). The molecule has 0 aliphatic carbocycles. The number of thiophene rings is 1. The molecule has 2 N–H and O–H groups in total. The van der Waals surface area contributed by atoms with Gasteiger partial charge in [0.2, 0.25) is 5.91 Å². The Bertz CT molecular complexity index is 1030. The number of nitrogens with zero attached hydrogens (tertiary/aromatic N) is 2. The summed E-state index contributed by atoms with van der Waals surface area (Å²) in [5.74, 6) is -0.799. The second-order valence-electron chi connectivity index (χ2n) is 5.63. The Balaban J connectivity index is 1.69. The monoisotopic (exact) mass is 418 g/mol. The lowest BCUT2D eigenvalue weighted by Crippen LogP contribution is -2.42. The van der Waals surface area contributed by atoms with Crippen molar-refractivity contribution in [2.24, 2.45) is 0 Å². The minimum Gasteiger partial charge on any atom is -0.383 e. The van der Waals surface area contributed by atoms with Crippen LogP contribution in [-0.4, -0.2) is 40.8 Å². The van der Waals surface area contributed by atoms with Crippen molar-refractivity contribution in [1.29, 1.82) is 0 Å². The number of ether oxygens (including phenoxy) is 1. The topological polar surface area (TPSA) is 102 Å². The highest BCUT2D eigenvalue weighted by atomic mass is 32.2. The molecular formula is C18H18N4O4S2. The molecule has 1 aromatic carbocycles. The van der Waals surface area contributed by atoms with Crippen LogP contribution in [0.15, 0.2) is 51.7 Å². The molecule has 2 aromatic heterocycles. The molecule has 0 bridgehead atoms. The van der Waals surface area contributed by atoms with Crippen molar-refractivity contribution >= 4 is 45.8 Å². The van der Waals surface area contributed by atoms with Gasteiger partial charge in [0.05, 0.1) is 34.7 Å². The van der Waals surface area contributed by atoms with Gasteiger partial charge in [-0.25, -0.2) is 4.98 Å². The van der Waals surface area contributed by atoms with Gasteiger partial charge in [0.1, 0.15) is 0 Å².